The van der Waals surface area contributed by atoms with Gasteiger partial charge in [0.15, 0.2) is 23.3 Å². The summed E-state index contributed by atoms with van der Waals surface area (Å²) in [4.78, 5) is 31.5. The predicted octanol–water partition coefficient (Wildman–Crippen LogP) is 6.87. The zero-order valence-corrected chi connectivity index (χ0v) is 34.8. The average molecular weight is 875 g/mol. The number of morpholine rings is 1. The number of rotatable bonds is 16. The highest BCUT2D eigenvalue weighted by molar-refractivity contribution is 6.31. The van der Waals surface area contributed by atoms with Crippen molar-refractivity contribution in [2.24, 2.45) is 11.5 Å². The van der Waals surface area contributed by atoms with Crippen molar-refractivity contribution in [1.29, 1.82) is 0 Å². The molecule has 0 radical (unpaired) electrons. The molecule has 2 saturated heterocycles. The number of ether oxygens (including phenoxy) is 1. The highest BCUT2D eigenvalue weighted by Crippen LogP contribution is 2.29. The van der Waals surface area contributed by atoms with Crippen LogP contribution in [0.15, 0.2) is 78.9 Å². The normalized spacial score (nSPS) is 16.6. The molecule has 3 unspecified atom stereocenters. The molecule has 2 aliphatic rings. The van der Waals surface area contributed by atoms with Gasteiger partial charge in [0.2, 0.25) is 11.8 Å². The molecule has 5 N–H and O–H groups in total. The lowest BCUT2D eigenvalue weighted by molar-refractivity contribution is -0.131. The minimum atomic E-state index is -1.26. The van der Waals surface area contributed by atoms with Gasteiger partial charge in [-0.3, -0.25) is 14.5 Å². The van der Waals surface area contributed by atoms with Crippen LogP contribution >= 0.6 is 11.6 Å². The van der Waals surface area contributed by atoms with Crippen LogP contribution in [0, 0.1) is 34.9 Å². The second-order valence-electron chi connectivity index (χ2n) is 15.6. The number of hydrogen-bond acceptors (Lipinski definition) is 7. The maximum Gasteiger partial charge on any atom is 0.223 e. The van der Waals surface area contributed by atoms with Crippen molar-refractivity contribution in [1.82, 2.24) is 20.0 Å². The van der Waals surface area contributed by atoms with Crippen LogP contribution in [0.25, 0.3) is 0 Å². The van der Waals surface area contributed by atoms with E-state index in [1.165, 1.54) is 0 Å². The summed E-state index contributed by atoms with van der Waals surface area (Å²) in [6.45, 7) is 5.74. The maximum absolute atomic E-state index is 13.9. The minimum Gasteiger partial charge on any atom is -0.379 e. The third-order valence-electron chi connectivity index (χ3n) is 10.8. The van der Waals surface area contributed by atoms with Crippen molar-refractivity contribution in [2.75, 3.05) is 59.5 Å². The molecule has 2 heterocycles. The molecule has 0 aromatic heterocycles. The molecule has 0 aliphatic carbocycles. The molecule has 2 fully saturated rings. The summed E-state index contributed by atoms with van der Waals surface area (Å²) in [7, 11) is 1.68. The van der Waals surface area contributed by atoms with Crippen LogP contribution in [0.4, 0.5) is 26.3 Å². The van der Waals surface area contributed by atoms with E-state index < -0.39 is 47.0 Å². The first-order valence-electron chi connectivity index (χ1n) is 20.3. The molecule has 0 bridgehead atoms. The number of nitrogens with zero attached hydrogens (tertiary/aromatic N) is 3. The predicted molar refractivity (Wildman–Crippen MR) is 222 cm³/mol. The molecule has 6 rings (SSSR count). The second kappa shape index (κ2) is 23.1. The molecule has 0 spiro atoms. The van der Waals surface area contributed by atoms with Crippen LogP contribution in [0.1, 0.15) is 60.0 Å². The van der Waals surface area contributed by atoms with Crippen molar-refractivity contribution in [3.05, 3.63) is 141 Å². The first-order valence-corrected chi connectivity index (χ1v) is 20.7. The Balaban J connectivity index is 0.000000232. The number of carbonyl (C=O) groups excluding carboxylic acids is 2. The van der Waals surface area contributed by atoms with Crippen molar-refractivity contribution in [3.8, 4) is 0 Å². The van der Waals surface area contributed by atoms with Gasteiger partial charge in [-0.05, 0) is 79.2 Å². The number of carbonyl (C=O) groups is 2. The van der Waals surface area contributed by atoms with Gasteiger partial charge in [-0.2, -0.15) is 0 Å². The summed E-state index contributed by atoms with van der Waals surface area (Å²) in [5.41, 5.74) is 13.8. The van der Waals surface area contributed by atoms with E-state index in [-0.39, 0.29) is 60.7 Å². The molecule has 2 amide bonds. The Bertz CT molecular complexity index is 2060. The fraction of sp³-hybridized carbons (Fsp3) is 0.422. The van der Waals surface area contributed by atoms with Gasteiger partial charge < -0.3 is 31.3 Å². The van der Waals surface area contributed by atoms with Crippen LogP contribution in [-0.2, 0) is 27.2 Å². The van der Waals surface area contributed by atoms with E-state index in [2.05, 4.69) is 15.1 Å². The Labute approximate surface area is 358 Å². The fourth-order valence-corrected chi connectivity index (χ4v) is 7.83. The van der Waals surface area contributed by atoms with E-state index in [0.29, 0.717) is 56.5 Å². The largest absolute Gasteiger partial charge is 0.379 e. The van der Waals surface area contributed by atoms with Crippen LogP contribution in [0.3, 0.4) is 0 Å². The lowest BCUT2D eigenvalue weighted by atomic mass is 10.0. The van der Waals surface area contributed by atoms with Gasteiger partial charge in [-0.1, -0.05) is 60.1 Å². The quantitative estimate of drug-likeness (QED) is 0.0832. The number of benzene rings is 4. The van der Waals surface area contributed by atoms with Crippen LogP contribution in [0.5, 0.6) is 0 Å². The average Bonchev–Trinajstić information content (AvgIpc) is 3.75. The van der Waals surface area contributed by atoms with E-state index in [4.69, 9.17) is 27.8 Å². The molecule has 4 atom stereocenters. The monoisotopic (exact) mass is 874 g/mol. The summed E-state index contributed by atoms with van der Waals surface area (Å²) < 4.78 is 86.2. The Morgan fingerprint density at radius 2 is 1.26 bits per heavy atom. The highest BCUT2D eigenvalue weighted by atomic mass is 35.5. The molecule has 16 heteroatoms. The van der Waals surface area contributed by atoms with Gasteiger partial charge in [0, 0.05) is 75.3 Å². The van der Waals surface area contributed by atoms with E-state index in [0.717, 1.165) is 49.2 Å². The van der Waals surface area contributed by atoms with Gasteiger partial charge in [-0.15, -0.1) is 0 Å². The lowest BCUT2D eigenvalue weighted by Gasteiger charge is -2.37. The zero-order valence-electron chi connectivity index (χ0n) is 34.1. The summed E-state index contributed by atoms with van der Waals surface area (Å²) in [5, 5.41) is 3.64. The highest BCUT2D eigenvalue weighted by Gasteiger charge is 2.28. The number of nitrogens with one attached hydrogen (secondary N) is 1. The Morgan fingerprint density at radius 1 is 0.738 bits per heavy atom. The van der Waals surface area contributed by atoms with Crippen molar-refractivity contribution in [2.45, 2.75) is 62.7 Å². The topological polar surface area (TPSA) is 117 Å². The Morgan fingerprint density at radius 3 is 1.84 bits per heavy atom. The summed E-state index contributed by atoms with van der Waals surface area (Å²) >= 11 is 6.44. The smallest absolute Gasteiger partial charge is 0.223 e. The van der Waals surface area contributed by atoms with Gasteiger partial charge in [0.25, 0.3) is 0 Å². The second-order valence-corrected chi connectivity index (χ2v) is 16.0. The van der Waals surface area contributed by atoms with E-state index in [1.54, 1.807) is 11.9 Å². The molecular formula is C45H53ClF6N6O3. The molecule has 4 aromatic rings. The number of hydrogen-bond donors (Lipinski definition) is 3. The van der Waals surface area contributed by atoms with Crippen molar-refractivity contribution >= 4 is 23.4 Å². The van der Waals surface area contributed by atoms with E-state index in [1.807, 2.05) is 54.6 Å². The Kier molecular flexibility index (Phi) is 18.0. The minimum absolute atomic E-state index is 0.0399. The van der Waals surface area contributed by atoms with Gasteiger partial charge >= 0.3 is 0 Å². The molecule has 0 saturated carbocycles. The SMILES string of the molecule is CN(C[C@H](c1ccccc1Cl)N1CCOCC1)C(=O)CC(N)Cc1cc(F)c(F)cc1F.NC(CC(=O)NC(CN1CCCC1)c1ccccc1)Cc1cc(F)c(F)cc1F. The van der Waals surface area contributed by atoms with Crippen LogP contribution in [-0.4, -0.2) is 98.1 Å². The Hall–Kier alpha value is -4.51. The van der Waals surface area contributed by atoms with E-state index in [9.17, 15) is 35.9 Å². The summed E-state index contributed by atoms with van der Waals surface area (Å²) in [6.07, 6.45) is 2.06. The molecule has 330 valence electrons. The molecule has 2 aliphatic heterocycles. The van der Waals surface area contributed by atoms with Gasteiger partial charge in [0.05, 0.1) is 25.3 Å². The van der Waals surface area contributed by atoms with Crippen LogP contribution < -0.4 is 16.8 Å². The fourth-order valence-electron chi connectivity index (χ4n) is 7.57. The van der Waals surface area contributed by atoms with E-state index >= 15 is 0 Å². The molecular weight excluding hydrogens is 822 g/mol. The number of nitrogens with two attached hydrogens (primary N) is 2. The third-order valence-corrected chi connectivity index (χ3v) is 11.2. The zero-order chi connectivity index (χ0) is 44.1. The molecule has 61 heavy (non-hydrogen) atoms. The molecule has 9 nitrogen and oxygen atoms in total. The third kappa shape index (κ3) is 14.3. The van der Waals surface area contributed by atoms with Gasteiger partial charge in [-0.25, -0.2) is 26.3 Å². The lowest BCUT2D eigenvalue weighted by Crippen LogP contribution is -2.45. The van der Waals surface area contributed by atoms with Crippen LogP contribution in [0.2, 0.25) is 5.02 Å². The standard InChI is InChI=1S/C23H27ClF3N3O2.C22H26F3N3O/c1-29(23(31)12-16(28)10-15-11-20(26)21(27)13-19(15)25)14-22(30-6-8-32-9-7-30)17-4-2-3-5-18(17)24;23-18-13-20(25)19(24)11-16(18)10-17(26)12-22(29)27-21(14-28-8-4-5-9-28)15-6-2-1-3-7-15/h2-5,11,13,16,22H,6-10,12,14,28H2,1H3;1-3,6-7,11,13,17,21H,4-5,8-10,12,14,26H2,(H,27,29)/t16?,22-;/m1./s1. The first-order chi connectivity index (χ1) is 29.2. The van der Waals surface area contributed by atoms with Crippen molar-refractivity contribution < 1.29 is 40.7 Å². The summed E-state index contributed by atoms with van der Waals surface area (Å²) in [5.74, 6) is -7.02. The number of amides is 2. The number of likely N-dealkylation sites (tertiary alicyclic amines) is 1. The molecule has 4 aromatic carbocycles. The first kappa shape index (κ1) is 47.5. The summed E-state index contributed by atoms with van der Waals surface area (Å²) in [6, 6.07) is 18.0. The number of halogens is 7. The van der Waals surface area contributed by atoms with Crippen molar-refractivity contribution in [3.63, 3.8) is 0 Å². The number of likely N-dealkylation sites (N-methyl/N-ethyl adjacent to an activating group) is 1. The maximum atomic E-state index is 13.9. The van der Waals surface area contributed by atoms with Gasteiger partial charge in [0.1, 0.15) is 11.6 Å².